The average Bonchev–Trinajstić information content (AvgIpc) is 2.93. The second-order valence-electron chi connectivity index (χ2n) is 6.45. The largest absolute Gasteiger partial charge is 0.366 e. The molecule has 3 aliphatic rings. The molecule has 4 rings (SSSR count). The fourth-order valence-corrected chi connectivity index (χ4v) is 4.67. The van der Waals surface area contributed by atoms with Gasteiger partial charge in [-0.3, -0.25) is 0 Å². The SMILES string of the molecule is CC1CC2CC3(CC2C1)OCc1ccccc13. The Bertz CT molecular complexity index is 437. The number of benzene rings is 1. The van der Waals surface area contributed by atoms with Gasteiger partial charge in [0.05, 0.1) is 12.2 Å². The van der Waals surface area contributed by atoms with E-state index in [-0.39, 0.29) is 5.60 Å². The van der Waals surface area contributed by atoms with Gasteiger partial charge in [-0.15, -0.1) is 0 Å². The summed E-state index contributed by atoms with van der Waals surface area (Å²) in [6.07, 6.45) is 5.41. The molecule has 0 saturated heterocycles. The predicted octanol–water partition coefficient (Wildman–Crippen LogP) is 3.87. The topological polar surface area (TPSA) is 9.23 Å². The maximum absolute atomic E-state index is 6.24. The van der Waals surface area contributed by atoms with Crippen LogP contribution >= 0.6 is 0 Å². The van der Waals surface area contributed by atoms with Gasteiger partial charge in [0.2, 0.25) is 0 Å². The molecule has 2 fully saturated rings. The molecule has 0 radical (unpaired) electrons. The molecule has 1 heterocycles. The van der Waals surface area contributed by atoms with E-state index >= 15 is 0 Å². The molecule has 1 spiro atoms. The van der Waals surface area contributed by atoms with Crippen molar-refractivity contribution in [3.8, 4) is 0 Å². The molecule has 0 aromatic heterocycles. The second kappa shape index (κ2) is 3.35. The maximum atomic E-state index is 6.24. The van der Waals surface area contributed by atoms with Crippen LogP contribution in [0.25, 0.3) is 0 Å². The third kappa shape index (κ3) is 1.35. The van der Waals surface area contributed by atoms with Crippen molar-refractivity contribution in [2.75, 3.05) is 0 Å². The van der Waals surface area contributed by atoms with E-state index in [1.165, 1.54) is 36.8 Å². The lowest BCUT2D eigenvalue weighted by Gasteiger charge is -2.25. The van der Waals surface area contributed by atoms with Crippen LogP contribution in [0.3, 0.4) is 0 Å². The van der Waals surface area contributed by atoms with Crippen molar-refractivity contribution >= 4 is 0 Å². The van der Waals surface area contributed by atoms with Crippen LogP contribution in [0.15, 0.2) is 24.3 Å². The molecule has 1 heteroatoms. The van der Waals surface area contributed by atoms with E-state index in [2.05, 4.69) is 31.2 Å². The average molecular weight is 228 g/mol. The summed E-state index contributed by atoms with van der Waals surface area (Å²) in [5.74, 6) is 2.80. The van der Waals surface area contributed by atoms with Gasteiger partial charge in [0.25, 0.3) is 0 Å². The van der Waals surface area contributed by atoms with E-state index in [0.29, 0.717) is 0 Å². The third-order valence-corrected chi connectivity index (χ3v) is 5.27. The highest BCUT2D eigenvalue weighted by Crippen LogP contribution is 2.58. The third-order valence-electron chi connectivity index (χ3n) is 5.27. The van der Waals surface area contributed by atoms with E-state index in [9.17, 15) is 0 Å². The van der Waals surface area contributed by atoms with Crippen LogP contribution in [0, 0.1) is 17.8 Å². The Balaban J connectivity index is 1.69. The van der Waals surface area contributed by atoms with Gasteiger partial charge in [-0.25, -0.2) is 0 Å². The molecule has 1 aromatic carbocycles. The lowest BCUT2D eigenvalue weighted by Crippen LogP contribution is -2.22. The number of hydrogen-bond acceptors (Lipinski definition) is 1. The summed E-state index contributed by atoms with van der Waals surface area (Å²) >= 11 is 0. The zero-order chi connectivity index (χ0) is 11.5. The zero-order valence-electron chi connectivity index (χ0n) is 10.5. The highest BCUT2D eigenvalue weighted by Gasteiger charge is 2.52. The molecule has 2 atom stereocenters. The Morgan fingerprint density at radius 3 is 2.59 bits per heavy atom. The molecule has 1 nitrogen and oxygen atoms in total. The van der Waals surface area contributed by atoms with Crippen molar-refractivity contribution in [3.05, 3.63) is 35.4 Å². The highest BCUT2D eigenvalue weighted by molar-refractivity contribution is 5.36. The fraction of sp³-hybridized carbons (Fsp3) is 0.625. The molecule has 0 bridgehead atoms. The Morgan fingerprint density at radius 1 is 1.12 bits per heavy atom. The lowest BCUT2D eigenvalue weighted by molar-refractivity contribution is -0.0395. The number of ether oxygens (including phenoxy) is 1. The fourth-order valence-electron chi connectivity index (χ4n) is 4.67. The van der Waals surface area contributed by atoms with Crippen LogP contribution in [0.1, 0.15) is 43.7 Å². The normalized spacial score (nSPS) is 43.0. The molecule has 17 heavy (non-hydrogen) atoms. The quantitative estimate of drug-likeness (QED) is 0.655. The molecule has 2 aliphatic carbocycles. The molecule has 0 amide bonds. The van der Waals surface area contributed by atoms with Crippen molar-refractivity contribution < 1.29 is 4.74 Å². The van der Waals surface area contributed by atoms with Gasteiger partial charge >= 0.3 is 0 Å². The number of fused-ring (bicyclic) bond motifs is 3. The molecular formula is C16H20O. The molecule has 2 unspecified atom stereocenters. The lowest BCUT2D eigenvalue weighted by atomic mass is 9.87. The summed E-state index contributed by atoms with van der Waals surface area (Å²) in [4.78, 5) is 0. The summed E-state index contributed by atoms with van der Waals surface area (Å²) in [6.45, 7) is 3.25. The van der Waals surface area contributed by atoms with Crippen molar-refractivity contribution in [2.45, 2.75) is 44.8 Å². The maximum Gasteiger partial charge on any atom is 0.0944 e. The van der Waals surface area contributed by atoms with Crippen molar-refractivity contribution in [1.29, 1.82) is 0 Å². The molecule has 1 aliphatic heterocycles. The van der Waals surface area contributed by atoms with E-state index in [1.54, 1.807) is 0 Å². The Morgan fingerprint density at radius 2 is 1.82 bits per heavy atom. The van der Waals surface area contributed by atoms with Gasteiger partial charge in [-0.1, -0.05) is 31.2 Å². The van der Waals surface area contributed by atoms with Gasteiger partial charge in [0, 0.05) is 0 Å². The minimum atomic E-state index is 0.103. The van der Waals surface area contributed by atoms with Gasteiger partial charge in [0.1, 0.15) is 0 Å². The van der Waals surface area contributed by atoms with Crippen LogP contribution < -0.4 is 0 Å². The summed E-state index contributed by atoms with van der Waals surface area (Å²) in [5, 5.41) is 0. The number of rotatable bonds is 0. The van der Waals surface area contributed by atoms with Crippen LogP contribution in [0.4, 0.5) is 0 Å². The van der Waals surface area contributed by atoms with E-state index < -0.39 is 0 Å². The summed E-state index contributed by atoms with van der Waals surface area (Å²) in [7, 11) is 0. The van der Waals surface area contributed by atoms with Gasteiger partial charge in [0.15, 0.2) is 0 Å². The second-order valence-corrected chi connectivity index (χ2v) is 6.45. The Labute approximate surface area is 103 Å². The van der Waals surface area contributed by atoms with Crippen molar-refractivity contribution in [3.63, 3.8) is 0 Å². The predicted molar refractivity (Wildman–Crippen MR) is 67.5 cm³/mol. The Hall–Kier alpha value is -0.820. The first kappa shape index (κ1) is 10.1. The summed E-state index contributed by atoms with van der Waals surface area (Å²) in [6, 6.07) is 8.85. The van der Waals surface area contributed by atoms with E-state index in [0.717, 1.165) is 24.4 Å². The van der Waals surface area contributed by atoms with Crippen molar-refractivity contribution in [1.82, 2.24) is 0 Å². The summed E-state index contributed by atoms with van der Waals surface area (Å²) in [5.41, 5.74) is 3.04. The van der Waals surface area contributed by atoms with Gasteiger partial charge in [-0.05, 0) is 54.6 Å². The molecule has 0 N–H and O–H groups in total. The zero-order valence-corrected chi connectivity index (χ0v) is 10.5. The van der Waals surface area contributed by atoms with Crippen LogP contribution in [0.2, 0.25) is 0 Å². The monoisotopic (exact) mass is 228 g/mol. The smallest absolute Gasteiger partial charge is 0.0944 e. The molecule has 1 aromatic rings. The van der Waals surface area contributed by atoms with Crippen molar-refractivity contribution in [2.24, 2.45) is 17.8 Å². The summed E-state index contributed by atoms with van der Waals surface area (Å²) < 4.78 is 6.24. The van der Waals surface area contributed by atoms with E-state index in [4.69, 9.17) is 4.74 Å². The van der Waals surface area contributed by atoms with Gasteiger partial charge in [-0.2, -0.15) is 0 Å². The van der Waals surface area contributed by atoms with E-state index in [1.807, 2.05) is 0 Å². The van der Waals surface area contributed by atoms with Crippen LogP contribution in [-0.4, -0.2) is 0 Å². The standard InChI is InChI=1S/C16H20O/c1-11-6-13-8-16(9-14(13)7-11)15-5-3-2-4-12(15)10-17-16/h2-5,11,13-14H,6-10H2,1H3. The van der Waals surface area contributed by atoms with Gasteiger partial charge < -0.3 is 4.74 Å². The molecular weight excluding hydrogens is 208 g/mol. The minimum Gasteiger partial charge on any atom is -0.366 e. The van der Waals surface area contributed by atoms with Crippen LogP contribution in [0.5, 0.6) is 0 Å². The van der Waals surface area contributed by atoms with Crippen LogP contribution in [-0.2, 0) is 16.9 Å². The molecule has 90 valence electrons. The first-order valence-corrected chi connectivity index (χ1v) is 6.99. The number of hydrogen-bond donors (Lipinski definition) is 0. The molecule has 2 saturated carbocycles. The first-order valence-electron chi connectivity index (χ1n) is 6.99. The first-order chi connectivity index (χ1) is 8.27. The Kier molecular flexibility index (Phi) is 2.00. The minimum absolute atomic E-state index is 0.103. The highest BCUT2D eigenvalue weighted by atomic mass is 16.5.